The second kappa shape index (κ2) is 4.26. The number of benzene rings is 1. The lowest BCUT2D eigenvalue weighted by molar-refractivity contribution is 0.395. The summed E-state index contributed by atoms with van der Waals surface area (Å²) in [6.45, 7) is 2.79. The molecule has 0 spiro atoms. The minimum absolute atomic E-state index is 0.891. The van der Waals surface area contributed by atoms with Crippen LogP contribution in [0, 0.1) is 0 Å². The van der Waals surface area contributed by atoms with Crippen molar-refractivity contribution in [2.45, 2.75) is 6.54 Å². The molecule has 0 amide bonds. The minimum Gasteiger partial charge on any atom is -0.462 e. The molecule has 3 heteroatoms. The largest absolute Gasteiger partial charge is 0.462 e. The Hall–Kier alpha value is -1.74. The van der Waals surface area contributed by atoms with Gasteiger partial charge in [0.1, 0.15) is 12.0 Å². The second-order valence-electron chi connectivity index (χ2n) is 4.37. The van der Waals surface area contributed by atoms with Crippen LogP contribution in [0.1, 0.15) is 5.56 Å². The maximum atomic E-state index is 5.77. The van der Waals surface area contributed by atoms with Crippen LogP contribution in [0.25, 0.3) is 0 Å². The highest BCUT2D eigenvalue weighted by molar-refractivity contribution is 5.42. The lowest BCUT2D eigenvalue weighted by Crippen LogP contribution is -2.20. The number of hydrogen-bond acceptors (Lipinski definition) is 3. The fourth-order valence-electron chi connectivity index (χ4n) is 2.35. The van der Waals surface area contributed by atoms with Crippen LogP contribution in [0.15, 0.2) is 47.9 Å². The maximum Gasteiger partial charge on any atom is 0.131 e. The molecule has 0 aliphatic carbocycles. The van der Waals surface area contributed by atoms with Crippen molar-refractivity contribution < 1.29 is 4.74 Å². The molecule has 17 heavy (non-hydrogen) atoms. The van der Waals surface area contributed by atoms with Crippen LogP contribution in [0.5, 0.6) is 5.75 Å². The van der Waals surface area contributed by atoms with E-state index in [1.807, 2.05) is 25.4 Å². The summed E-state index contributed by atoms with van der Waals surface area (Å²) in [7, 11) is 1.97. The topological polar surface area (TPSA) is 24.5 Å². The lowest BCUT2D eigenvalue weighted by atomic mass is 10.2. The van der Waals surface area contributed by atoms with E-state index in [2.05, 4.69) is 28.4 Å². The Morgan fingerprint density at radius 2 is 2.24 bits per heavy atom. The first-order chi connectivity index (χ1) is 8.38. The van der Waals surface area contributed by atoms with Crippen molar-refractivity contribution in [2.75, 3.05) is 20.1 Å². The van der Waals surface area contributed by atoms with E-state index in [9.17, 15) is 0 Å². The van der Waals surface area contributed by atoms with Crippen LogP contribution in [0.4, 0.5) is 0 Å². The van der Waals surface area contributed by atoms with Crippen LogP contribution >= 0.6 is 0 Å². The number of ether oxygens (including phenoxy) is 1. The summed E-state index contributed by atoms with van der Waals surface area (Å²) < 4.78 is 5.77. The number of nitrogens with zero attached hydrogens (tertiary/aromatic N) is 1. The molecule has 2 heterocycles. The van der Waals surface area contributed by atoms with Gasteiger partial charge in [0, 0.05) is 25.2 Å². The molecular weight excluding hydrogens is 212 g/mol. The number of fused-ring (bicyclic) bond motifs is 2. The van der Waals surface area contributed by atoms with Crippen molar-refractivity contribution in [1.29, 1.82) is 0 Å². The fourth-order valence-corrected chi connectivity index (χ4v) is 2.35. The second-order valence-corrected chi connectivity index (χ2v) is 4.37. The van der Waals surface area contributed by atoms with E-state index in [1.165, 1.54) is 16.8 Å². The van der Waals surface area contributed by atoms with Gasteiger partial charge in [-0.3, -0.25) is 0 Å². The number of likely N-dealkylation sites (N-methyl/N-ethyl adjacent to an activating group) is 1. The van der Waals surface area contributed by atoms with Crippen LogP contribution in [0.3, 0.4) is 0 Å². The Morgan fingerprint density at radius 3 is 3.12 bits per heavy atom. The maximum absolute atomic E-state index is 5.77. The summed E-state index contributed by atoms with van der Waals surface area (Å²) in [5, 5.41) is 3.19. The first-order valence-corrected chi connectivity index (χ1v) is 5.92. The van der Waals surface area contributed by atoms with Gasteiger partial charge in [0.05, 0.1) is 5.70 Å². The zero-order valence-electron chi connectivity index (χ0n) is 9.94. The summed E-state index contributed by atoms with van der Waals surface area (Å²) in [5.41, 5.74) is 3.77. The minimum atomic E-state index is 0.891. The summed E-state index contributed by atoms with van der Waals surface area (Å²) in [5.74, 6) is 0.971. The SMILES string of the molecule is CNCC1=CCN2Cc3ccccc3OC=C12. The quantitative estimate of drug-likeness (QED) is 0.836. The molecule has 0 fully saturated rings. The molecule has 88 valence electrons. The lowest BCUT2D eigenvalue weighted by Gasteiger charge is -2.19. The van der Waals surface area contributed by atoms with E-state index >= 15 is 0 Å². The third kappa shape index (κ3) is 1.83. The molecule has 0 bridgehead atoms. The zero-order chi connectivity index (χ0) is 11.7. The van der Waals surface area contributed by atoms with Crippen molar-refractivity contribution in [3.8, 4) is 5.75 Å². The molecule has 2 aliphatic heterocycles. The van der Waals surface area contributed by atoms with Crippen LogP contribution in [-0.2, 0) is 6.54 Å². The Kier molecular flexibility index (Phi) is 2.61. The van der Waals surface area contributed by atoms with Crippen molar-refractivity contribution >= 4 is 0 Å². The van der Waals surface area contributed by atoms with Crippen LogP contribution in [0.2, 0.25) is 0 Å². The highest BCUT2D eigenvalue weighted by Crippen LogP contribution is 2.31. The average molecular weight is 228 g/mol. The predicted octanol–water partition coefficient (Wildman–Crippen LogP) is 1.88. The molecule has 0 saturated carbocycles. The summed E-state index contributed by atoms with van der Waals surface area (Å²) in [6, 6.07) is 8.22. The van der Waals surface area contributed by atoms with Gasteiger partial charge in [-0.1, -0.05) is 24.3 Å². The normalized spacial score (nSPS) is 17.6. The van der Waals surface area contributed by atoms with Gasteiger partial charge >= 0.3 is 0 Å². The summed E-state index contributed by atoms with van der Waals surface area (Å²) >= 11 is 0. The van der Waals surface area contributed by atoms with Gasteiger partial charge in [-0.2, -0.15) is 0 Å². The standard InChI is InChI=1S/C14H16N2O/c1-15-8-11-6-7-16-9-12-4-2-3-5-14(12)17-10-13(11)16/h2-6,10,15H,7-9H2,1H3. The Labute approximate surface area is 101 Å². The fraction of sp³-hybridized carbons (Fsp3) is 0.286. The van der Waals surface area contributed by atoms with Crippen LogP contribution in [-0.4, -0.2) is 25.0 Å². The van der Waals surface area contributed by atoms with Gasteiger partial charge < -0.3 is 15.0 Å². The van der Waals surface area contributed by atoms with Crippen molar-refractivity contribution in [3.63, 3.8) is 0 Å². The van der Waals surface area contributed by atoms with Gasteiger partial charge in [-0.25, -0.2) is 0 Å². The van der Waals surface area contributed by atoms with Gasteiger partial charge in [-0.15, -0.1) is 0 Å². The molecule has 0 radical (unpaired) electrons. The van der Waals surface area contributed by atoms with Crippen molar-refractivity contribution in [1.82, 2.24) is 10.2 Å². The number of hydrogen-bond donors (Lipinski definition) is 1. The molecule has 0 saturated heterocycles. The molecule has 1 N–H and O–H groups in total. The number of para-hydroxylation sites is 1. The molecule has 0 aromatic heterocycles. The molecule has 3 rings (SSSR count). The molecule has 2 aliphatic rings. The molecule has 0 unspecified atom stereocenters. The van der Waals surface area contributed by atoms with Crippen molar-refractivity contribution in [2.24, 2.45) is 0 Å². The molecule has 1 aromatic carbocycles. The van der Waals surface area contributed by atoms with E-state index in [4.69, 9.17) is 4.74 Å². The molecule has 0 atom stereocenters. The molecule has 1 aromatic rings. The van der Waals surface area contributed by atoms with E-state index in [-0.39, 0.29) is 0 Å². The van der Waals surface area contributed by atoms with Gasteiger partial charge in [-0.05, 0) is 18.7 Å². The van der Waals surface area contributed by atoms with E-state index < -0.39 is 0 Å². The number of rotatable bonds is 2. The Bertz CT molecular complexity index is 491. The third-order valence-corrected chi connectivity index (χ3v) is 3.23. The highest BCUT2D eigenvalue weighted by atomic mass is 16.5. The van der Waals surface area contributed by atoms with E-state index in [0.717, 1.165) is 25.4 Å². The Balaban J connectivity index is 1.90. The first kappa shape index (κ1) is 10.4. The number of nitrogens with one attached hydrogen (secondary N) is 1. The van der Waals surface area contributed by atoms with Gasteiger partial charge in [0.25, 0.3) is 0 Å². The monoisotopic (exact) mass is 228 g/mol. The predicted molar refractivity (Wildman–Crippen MR) is 67.6 cm³/mol. The highest BCUT2D eigenvalue weighted by Gasteiger charge is 2.23. The van der Waals surface area contributed by atoms with Gasteiger partial charge in [0.2, 0.25) is 0 Å². The summed E-state index contributed by atoms with van der Waals surface area (Å²) in [4.78, 5) is 2.35. The molecular formula is C14H16N2O. The average Bonchev–Trinajstić information content (AvgIpc) is 2.62. The van der Waals surface area contributed by atoms with Crippen molar-refractivity contribution in [3.05, 3.63) is 53.4 Å². The van der Waals surface area contributed by atoms with Crippen LogP contribution < -0.4 is 10.1 Å². The molecule has 3 nitrogen and oxygen atoms in total. The zero-order valence-corrected chi connectivity index (χ0v) is 9.94. The van der Waals surface area contributed by atoms with E-state index in [0.29, 0.717) is 0 Å². The third-order valence-electron chi connectivity index (χ3n) is 3.23. The summed E-state index contributed by atoms with van der Waals surface area (Å²) in [6.07, 6.45) is 4.14. The smallest absolute Gasteiger partial charge is 0.131 e. The Morgan fingerprint density at radius 1 is 1.35 bits per heavy atom. The van der Waals surface area contributed by atoms with Gasteiger partial charge in [0.15, 0.2) is 0 Å². The first-order valence-electron chi connectivity index (χ1n) is 5.92. The van der Waals surface area contributed by atoms with E-state index in [1.54, 1.807) is 0 Å².